The monoisotopic (exact) mass is 432 g/mol. The van der Waals surface area contributed by atoms with E-state index >= 15 is 0 Å². The van der Waals surface area contributed by atoms with Gasteiger partial charge in [-0.25, -0.2) is 13.4 Å². The van der Waals surface area contributed by atoms with Crippen LogP contribution in [0.25, 0.3) is 5.69 Å². The van der Waals surface area contributed by atoms with Crippen molar-refractivity contribution in [3.8, 4) is 5.69 Å². The van der Waals surface area contributed by atoms with Crippen LogP contribution in [0.15, 0.2) is 102 Å². The molecule has 4 rings (SSSR count). The molecule has 0 aliphatic heterocycles. The maximum Gasteiger partial charge on any atom is 0.261 e. The quantitative estimate of drug-likeness (QED) is 0.467. The maximum absolute atomic E-state index is 12.7. The first-order valence-electron chi connectivity index (χ1n) is 9.55. The third kappa shape index (κ3) is 4.81. The highest BCUT2D eigenvalue weighted by Crippen LogP contribution is 2.18. The second-order valence-corrected chi connectivity index (χ2v) is 8.46. The number of anilines is 1. The number of amides is 1. The highest BCUT2D eigenvalue weighted by molar-refractivity contribution is 7.92. The minimum Gasteiger partial charge on any atom is -0.348 e. The molecule has 1 amide bonds. The number of benzene rings is 3. The van der Waals surface area contributed by atoms with Crippen molar-refractivity contribution in [2.75, 3.05) is 4.72 Å². The molecule has 1 heterocycles. The minimum absolute atomic E-state index is 0.154. The predicted molar refractivity (Wildman–Crippen MR) is 118 cm³/mol. The van der Waals surface area contributed by atoms with Crippen molar-refractivity contribution in [2.45, 2.75) is 11.4 Å². The van der Waals surface area contributed by atoms with E-state index < -0.39 is 10.0 Å². The Labute approximate surface area is 180 Å². The standard InChI is InChI=1S/C23H20N4O3S/c28-23(25-16-19-7-4-5-12-22(19)27-14-13-24-17-27)18-8-6-9-20(15-18)26-31(29,30)21-10-2-1-3-11-21/h1-15,17,26H,16H2,(H,25,28). The summed E-state index contributed by atoms with van der Waals surface area (Å²) in [5.41, 5.74) is 2.52. The zero-order chi connectivity index (χ0) is 21.7. The molecule has 0 atom stereocenters. The summed E-state index contributed by atoms with van der Waals surface area (Å²) in [6, 6.07) is 22.2. The van der Waals surface area contributed by atoms with Crippen molar-refractivity contribution in [2.24, 2.45) is 0 Å². The third-order valence-electron chi connectivity index (χ3n) is 4.64. The number of carbonyl (C=O) groups excluding carboxylic acids is 1. The van der Waals surface area contributed by atoms with Crippen LogP contribution in [0.4, 0.5) is 5.69 Å². The summed E-state index contributed by atoms with van der Waals surface area (Å²) in [7, 11) is -3.73. The Hall–Kier alpha value is -3.91. The second kappa shape index (κ2) is 8.85. The lowest BCUT2D eigenvalue weighted by atomic mass is 10.1. The van der Waals surface area contributed by atoms with E-state index in [1.165, 1.54) is 18.2 Å². The number of carbonyl (C=O) groups is 1. The average molecular weight is 433 g/mol. The molecule has 0 radical (unpaired) electrons. The van der Waals surface area contributed by atoms with Gasteiger partial charge in [0.25, 0.3) is 15.9 Å². The molecule has 0 unspecified atom stereocenters. The van der Waals surface area contributed by atoms with Crippen molar-refractivity contribution in [3.05, 3.63) is 109 Å². The highest BCUT2D eigenvalue weighted by Gasteiger charge is 2.15. The Morgan fingerprint density at radius 2 is 1.71 bits per heavy atom. The van der Waals surface area contributed by atoms with Crippen molar-refractivity contribution in [1.29, 1.82) is 0 Å². The van der Waals surface area contributed by atoms with Crippen LogP contribution < -0.4 is 10.0 Å². The lowest BCUT2D eigenvalue weighted by molar-refractivity contribution is 0.0951. The SMILES string of the molecule is O=C(NCc1ccccc1-n1ccnc1)c1cccc(NS(=O)(=O)c2ccccc2)c1. The van der Waals surface area contributed by atoms with Crippen LogP contribution in [0.5, 0.6) is 0 Å². The summed E-state index contributed by atoms with van der Waals surface area (Å²) in [5.74, 6) is -0.304. The first-order valence-corrected chi connectivity index (χ1v) is 11.0. The lowest BCUT2D eigenvalue weighted by Gasteiger charge is -2.12. The van der Waals surface area contributed by atoms with Gasteiger partial charge in [-0.05, 0) is 42.0 Å². The number of hydrogen-bond acceptors (Lipinski definition) is 4. The number of imidazole rings is 1. The second-order valence-electron chi connectivity index (χ2n) is 6.78. The van der Waals surface area contributed by atoms with Crippen LogP contribution in [0.1, 0.15) is 15.9 Å². The van der Waals surface area contributed by atoms with Crippen LogP contribution in [0.3, 0.4) is 0 Å². The summed E-state index contributed by atoms with van der Waals surface area (Å²) < 4.78 is 29.4. The van der Waals surface area contributed by atoms with Gasteiger partial charge in [0.2, 0.25) is 0 Å². The molecular weight excluding hydrogens is 412 g/mol. The van der Waals surface area contributed by atoms with Gasteiger partial charge in [0.1, 0.15) is 0 Å². The highest BCUT2D eigenvalue weighted by atomic mass is 32.2. The van der Waals surface area contributed by atoms with Crippen LogP contribution in [0, 0.1) is 0 Å². The van der Waals surface area contributed by atoms with Crippen molar-refractivity contribution < 1.29 is 13.2 Å². The number of sulfonamides is 1. The smallest absolute Gasteiger partial charge is 0.261 e. The number of hydrogen-bond donors (Lipinski definition) is 2. The molecule has 0 fully saturated rings. The van der Waals surface area contributed by atoms with Crippen molar-refractivity contribution in [3.63, 3.8) is 0 Å². The summed E-state index contributed by atoms with van der Waals surface area (Å²) in [5, 5.41) is 2.89. The number of nitrogens with zero attached hydrogens (tertiary/aromatic N) is 2. The molecular formula is C23H20N4O3S. The van der Waals surface area contributed by atoms with Crippen LogP contribution in [0.2, 0.25) is 0 Å². The first kappa shape index (κ1) is 20.4. The van der Waals surface area contributed by atoms with E-state index in [4.69, 9.17) is 0 Å². The summed E-state index contributed by atoms with van der Waals surface area (Å²) in [6.07, 6.45) is 5.23. The molecule has 1 aromatic heterocycles. The normalized spacial score (nSPS) is 11.1. The zero-order valence-electron chi connectivity index (χ0n) is 16.5. The molecule has 31 heavy (non-hydrogen) atoms. The number of rotatable bonds is 7. The molecule has 156 valence electrons. The zero-order valence-corrected chi connectivity index (χ0v) is 17.3. The fourth-order valence-corrected chi connectivity index (χ4v) is 4.20. The molecule has 0 saturated carbocycles. The van der Waals surface area contributed by atoms with E-state index in [2.05, 4.69) is 15.0 Å². The molecule has 3 aromatic carbocycles. The van der Waals surface area contributed by atoms with Gasteiger partial charge in [0.05, 0.1) is 16.9 Å². The summed E-state index contributed by atoms with van der Waals surface area (Å²) in [4.78, 5) is 16.9. The first-order chi connectivity index (χ1) is 15.0. The minimum atomic E-state index is -3.73. The predicted octanol–water partition coefficient (Wildman–Crippen LogP) is 3.60. The number of nitrogens with one attached hydrogen (secondary N) is 2. The third-order valence-corrected chi connectivity index (χ3v) is 6.04. The van der Waals surface area contributed by atoms with Gasteiger partial charge >= 0.3 is 0 Å². The molecule has 8 heteroatoms. The van der Waals surface area contributed by atoms with E-state index in [0.717, 1.165) is 11.3 Å². The lowest BCUT2D eigenvalue weighted by Crippen LogP contribution is -2.23. The van der Waals surface area contributed by atoms with Crippen molar-refractivity contribution >= 4 is 21.6 Å². The van der Waals surface area contributed by atoms with Crippen LogP contribution in [-0.4, -0.2) is 23.9 Å². The van der Waals surface area contributed by atoms with Gasteiger partial charge in [-0.2, -0.15) is 0 Å². The van der Waals surface area contributed by atoms with Gasteiger partial charge in [0, 0.05) is 30.2 Å². The number of para-hydroxylation sites is 1. The fourth-order valence-electron chi connectivity index (χ4n) is 3.13. The summed E-state index contributed by atoms with van der Waals surface area (Å²) >= 11 is 0. The Morgan fingerprint density at radius 1 is 0.935 bits per heavy atom. The molecule has 0 saturated heterocycles. The molecule has 0 aliphatic carbocycles. The van der Waals surface area contributed by atoms with Gasteiger partial charge in [-0.15, -0.1) is 0 Å². The Morgan fingerprint density at radius 3 is 2.48 bits per heavy atom. The Balaban J connectivity index is 1.47. The van der Waals surface area contributed by atoms with Gasteiger partial charge in [0.15, 0.2) is 0 Å². The molecule has 4 aromatic rings. The van der Waals surface area contributed by atoms with E-state index in [9.17, 15) is 13.2 Å². The largest absolute Gasteiger partial charge is 0.348 e. The van der Waals surface area contributed by atoms with Crippen molar-refractivity contribution in [1.82, 2.24) is 14.9 Å². The van der Waals surface area contributed by atoms with Gasteiger partial charge in [-0.3, -0.25) is 9.52 Å². The molecule has 0 spiro atoms. The molecule has 0 aliphatic rings. The van der Waals surface area contributed by atoms with Crippen LogP contribution in [-0.2, 0) is 16.6 Å². The van der Waals surface area contributed by atoms with E-state index in [-0.39, 0.29) is 10.8 Å². The molecule has 2 N–H and O–H groups in total. The maximum atomic E-state index is 12.7. The summed E-state index contributed by atoms with van der Waals surface area (Å²) in [6.45, 7) is 0.313. The fraction of sp³-hybridized carbons (Fsp3) is 0.0435. The number of aromatic nitrogens is 2. The van der Waals surface area contributed by atoms with E-state index in [1.807, 2.05) is 35.0 Å². The van der Waals surface area contributed by atoms with Gasteiger partial charge < -0.3 is 9.88 Å². The van der Waals surface area contributed by atoms with Gasteiger partial charge in [-0.1, -0.05) is 42.5 Å². The Bertz CT molecular complexity index is 1290. The van der Waals surface area contributed by atoms with E-state index in [0.29, 0.717) is 17.8 Å². The van der Waals surface area contributed by atoms with Crippen LogP contribution >= 0.6 is 0 Å². The molecule has 0 bridgehead atoms. The molecule has 7 nitrogen and oxygen atoms in total. The average Bonchev–Trinajstić information content (AvgIpc) is 3.33. The Kier molecular flexibility index (Phi) is 5.81. The topological polar surface area (TPSA) is 93.1 Å². The van der Waals surface area contributed by atoms with E-state index in [1.54, 1.807) is 48.9 Å².